The Labute approximate surface area is 187 Å². The first kappa shape index (κ1) is 25.1. The molecule has 0 aromatic heterocycles. The zero-order valence-electron chi connectivity index (χ0n) is 18.4. The summed E-state index contributed by atoms with van der Waals surface area (Å²) < 4.78 is 0. The number of nitrogens with two attached hydrogens (primary N) is 1. The van der Waals surface area contributed by atoms with Gasteiger partial charge in [0.1, 0.15) is 17.8 Å². The summed E-state index contributed by atoms with van der Waals surface area (Å²) in [4.78, 5) is 50.2. The number of carbonyl (C=O) groups is 4. The number of carboxylic acids is 1. The Hall–Kier alpha value is -3.14. The Bertz CT molecular complexity index is 826. The van der Waals surface area contributed by atoms with Crippen molar-refractivity contribution in [2.75, 3.05) is 13.1 Å². The maximum atomic E-state index is 12.7. The molecular formula is C22H32N4O6. The fourth-order valence-electron chi connectivity index (χ4n) is 3.67. The molecule has 3 amide bonds. The van der Waals surface area contributed by atoms with E-state index < -0.39 is 41.8 Å². The lowest BCUT2D eigenvalue weighted by atomic mass is 10.0. The van der Waals surface area contributed by atoms with E-state index in [1.54, 1.807) is 12.1 Å². The highest BCUT2D eigenvalue weighted by Crippen LogP contribution is 2.17. The van der Waals surface area contributed by atoms with Gasteiger partial charge in [-0.15, -0.1) is 0 Å². The number of phenolic OH excluding ortho intramolecular Hbond substituents is 1. The van der Waals surface area contributed by atoms with Crippen molar-refractivity contribution in [3.05, 3.63) is 29.8 Å². The molecule has 1 aromatic carbocycles. The van der Waals surface area contributed by atoms with E-state index in [1.807, 2.05) is 13.8 Å². The summed E-state index contributed by atoms with van der Waals surface area (Å²) in [5.41, 5.74) is 6.76. The van der Waals surface area contributed by atoms with Crippen LogP contribution in [0.1, 0.15) is 38.7 Å². The highest BCUT2D eigenvalue weighted by Gasteiger charge is 2.34. The van der Waals surface area contributed by atoms with Crippen LogP contribution >= 0.6 is 0 Å². The summed E-state index contributed by atoms with van der Waals surface area (Å²) in [5, 5.41) is 23.7. The molecule has 0 saturated carbocycles. The maximum absolute atomic E-state index is 12.7. The Kier molecular flexibility index (Phi) is 9.01. The van der Waals surface area contributed by atoms with E-state index >= 15 is 0 Å². The minimum atomic E-state index is -1.06. The maximum Gasteiger partial charge on any atom is 0.326 e. The first-order chi connectivity index (χ1) is 15.1. The number of aromatic hydroxyl groups is 1. The lowest BCUT2D eigenvalue weighted by molar-refractivity contribution is -0.148. The lowest BCUT2D eigenvalue weighted by Crippen LogP contribution is -2.54. The van der Waals surface area contributed by atoms with Crippen LogP contribution in [0.5, 0.6) is 5.75 Å². The summed E-state index contributed by atoms with van der Waals surface area (Å²) in [6.45, 7) is 3.79. The molecule has 0 aliphatic carbocycles. The highest BCUT2D eigenvalue weighted by molar-refractivity contribution is 5.92. The number of benzene rings is 1. The first-order valence-corrected chi connectivity index (χ1v) is 10.7. The molecule has 3 unspecified atom stereocenters. The normalized spacial score (nSPS) is 17.6. The number of likely N-dealkylation sites (tertiary alicyclic amines) is 1. The quantitative estimate of drug-likeness (QED) is 0.336. The van der Waals surface area contributed by atoms with Crippen LogP contribution in [0.2, 0.25) is 0 Å². The van der Waals surface area contributed by atoms with E-state index in [9.17, 15) is 29.4 Å². The number of hydrogen-bond donors (Lipinski definition) is 5. The van der Waals surface area contributed by atoms with Crippen LogP contribution < -0.4 is 16.4 Å². The monoisotopic (exact) mass is 448 g/mol. The van der Waals surface area contributed by atoms with Gasteiger partial charge in [-0.3, -0.25) is 14.4 Å². The third-order valence-electron chi connectivity index (χ3n) is 5.34. The molecule has 1 saturated heterocycles. The van der Waals surface area contributed by atoms with Crippen molar-refractivity contribution in [2.45, 2.75) is 57.7 Å². The molecule has 1 heterocycles. The van der Waals surface area contributed by atoms with Crippen molar-refractivity contribution >= 4 is 23.7 Å². The standard InChI is InChI=1S/C22H32N4O6/c1-13(2)10-17(25-20(29)16(23)11-14-5-7-15(27)8-6-14)21(30)24-12-19(28)26-9-3-4-18(26)22(31)32/h5-8,13,16-18,27H,3-4,9-12,23H2,1-2H3,(H,24,30)(H,25,29)(H,31,32). The van der Waals surface area contributed by atoms with Crippen LogP contribution in [0.3, 0.4) is 0 Å². The second-order valence-corrected chi connectivity index (χ2v) is 8.47. The van der Waals surface area contributed by atoms with Crippen molar-refractivity contribution in [2.24, 2.45) is 11.7 Å². The van der Waals surface area contributed by atoms with Crippen molar-refractivity contribution in [3.8, 4) is 5.75 Å². The van der Waals surface area contributed by atoms with Crippen molar-refractivity contribution < 1.29 is 29.4 Å². The molecule has 6 N–H and O–H groups in total. The summed E-state index contributed by atoms with van der Waals surface area (Å²) in [6, 6.07) is 3.68. The Balaban J connectivity index is 1.93. The summed E-state index contributed by atoms with van der Waals surface area (Å²) in [5.74, 6) is -2.36. The summed E-state index contributed by atoms with van der Waals surface area (Å²) in [6.07, 6.45) is 1.56. The number of aliphatic carboxylic acids is 1. The molecule has 3 atom stereocenters. The Morgan fingerprint density at radius 2 is 1.81 bits per heavy atom. The van der Waals surface area contributed by atoms with E-state index in [2.05, 4.69) is 10.6 Å². The van der Waals surface area contributed by atoms with Gasteiger partial charge in [-0.25, -0.2) is 4.79 Å². The second kappa shape index (κ2) is 11.5. The van der Waals surface area contributed by atoms with Crippen LogP contribution in [-0.2, 0) is 25.6 Å². The fraction of sp³-hybridized carbons (Fsp3) is 0.545. The summed E-state index contributed by atoms with van der Waals surface area (Å²) in [7, 11) is 0. The third kappa shape index (κ3) is 7.23. The van der Waals surface area contributed by atoms with Gasteiger partial charge in [0.2, 0.25) is 17.7 Å². The van der Waals surface area contributed by atoms with Crippen molar-refractivity contribution in [1.82, 2.24) is 15.5 Å². The summed E-state index contributed by atoms with van der Waals surface area (Å²) >= 11 is 0. The number of carbonyl (C=O) groups excluding carboxylic acids is 3. The smallest absolute Gasteiger partial charge is 0.326 e. The SMILES string of the molecule is CC(C)CC(NC(=O)C(N)Cc1ccc(O)cc1)C(=O)NCC(=O)N1CCCC1C(=O)O. The average Bonchev–Trinajstić information content (AvgIpc) is 3.23. The van der Waals surface area contributed by atoms with Gasteiger partial charge in [0.05, 0.1) is 12.6 Å². The van der Waals surface area contributed by atoms with E-state index in [4.69, 9.17) is 5.73 Å². The van der Waals surface area contributed by atoms with Gasteiger partial charge in [0.25, 0.3) is 0 Å². The highest BCUT2D eigenvalue weighted by atomic mass is 16.4. The predicted molar refractivity (Wildman–Crippen MR) is 117 cm³/mol. The average molecular weight is 449 g/mol. The molecule has 2 rings (SSSR count). The van der Waals surface area contributed by atoms with Crippen LogP contribution in [0, 0.1) is 5.92 Å². The molecule has 32 heavy (non-hydrogen) atoms. The third-order valence-corrected chi connectivity index (χ3v) is 5.34. The van der Waals surface area contributed by atoms with E-state index in [-0.39, 0.29) is 24.6 Å². The van der Waals surface area contributed by atoms with Crippen molar-refractivity contribution in [1.29, 1.82) is 0 Å². The van der Waals surface area contributed by atoms with Gasteiger partial charge in [0, 0.05) is 6.54 Å². The van der Waals surface area contributed by atoms with Crippen LogP contribution in [0.15, 0.2) is 24.3 Å². The van der Waals surface area contributed by atoms with Crippen LogP contribution in [-0.4, -0.2) is 70.0 Å². The minimum absolute atomic E-state index is 0.0880. The predicted octanol–water partition coefficient (Wildman–Crippen LogP) is -0.0153. The molecule has 10 nitrogen and oxygen atoms in total. The Morgan fingerprint density at radius 1 is 1.16 bits per heavy atom. The molecule has 1 aliphatic heterocycles. The molecule has 1 fully saturated rings. The minimum Gasteiger partial charge on any atom is -0.508 e. The topological polar surface area (TPSA) is 162 Å². The molecule has 176 valence electrons. The molecule has 0 bridgehead atoms. The van der Waals surface area contributed by atoms with Crippen molar-refractivity contribution in [3.63, 3.8) is 0 Å². The van der Waals surface area contributed by atoms with Gasteiger partial charge >= 0.3 is 5.97 Å². The number of amides is 3. The number of nitrogens with zero attached hydrogens (tertiary/aromatic N) is 1. The number of rotatable bonds is 10. The van der Waals surface area contributed by atoms with Crippen LogP contribution in [0.25, 0.3) is 0 Å². The number of carboxylic acid groups (broad SMARTS) is 1. The molecule has 0 radical (unpaired) electrons. The van der Waals surface area contributed by atoms with Gasteiger partial charge < -0.3 is 31.5 Å². The second-order valence-electron chi connectivity index (χ2n) is 8.47. The molecule has 1 aromatic rings. The number of nitrogens with one attached hydrogen (secondary N) is 2. The largest absolute Gasteiger partial charge is 0.508 e. The molecular weight excluding hydrogens is 416 g/mol. The zero-order chi connectivity index (χ0) is 23.8. The van der Waals surface area contributed by atoms with Gasteiger partial charge in [-0.05, 0) is 49.3 Å². The fourth-order valence-corrected chi connectivity index (χ4v) is 3.67. The van der Waals surface area contributed by atoms with Gasteiger partial charge in [-0.1, -0.05) is 26.0 Å². The number of phenols is 1. The van der Waals surface area contributed by atoms with Gasteiger partial charge in [0.15, 0.2) is 0 Å². The number of hydrogen-bond acceptors (Lipinski definition) is 6. The zero-order valence-corrected chi connectivity index (χ0v) is 18.4. The molecule has 1 aliphatic rings. The molecule has 0 spiro atoms. The van der Waals surface area contributed by atoms with E-state index in [0.29, 0.717) is 25.8 Å². The van der Waals surface area contributed by atoms with Gasteiger partial charge in [-0.2, -0.15) is 0 Å². The van der Waals surface area contributed by atoms with E-state index in [0.717, 1.165) is 5.56 Å². The first-order valence-electron chi connectivity index (χ1n) is 10.7. The lowest BCUT2D eigenvalue weighted by Gasteiger charge is -2.24. The van der Waals surface area contributed by atoms with Crippen LogP contribution in [0.4, 0.5) is 0 Å². The molecule has 10 heteroatoms. The van der Waals surface area contributed by atoms with E-state index in [1.165, 1.54) is 17.0 Å². The Morgan fingerprint density at radius 3 is 2.41 bits per heavy atom.